The molecule has 2 fully saturated rings. The first kappa shape index (κ1) is 10.7. The Morgan fingerprint density at radius 2 is 2.00 bits per heavy atom. The minimum absolute atomic E-state index is 0.143. The second-order valence-electron chi connectivity index (χ2n) is 4.05. The van der Waals surface area contributed by atoms with Gasteiger partial charge in [-0.2, -0.15) is 0 Å². The topological polar surface area (TPSA) is 44.8 Å². The number of cyclic esters (lactones) is 1. The van der Waals surface area contributed by atoms with Gasteiger partial charge >= 0.3 is 6.09 Å². The number of nitrogens with one attached hydrogen (secondary N) is 1. The number of hydrogen-bond acceptors (Lipinski definition) is 4. The van der Waals surface area contributed by atoms with Crippen LogP contribution < -0.4 is 5.32 Å². The number of ether oxygens (including phenoxy) is 1. The van der Waals surface area contributed by atoms with E-state index in [0.717, 1.165) is 52.2 Å². The highest BCUT2D eigenvalue weighted by Gasteiger charge is 2.21. The molecule has 1 N–H and O–H groups in total. The molecule has 5 heteroatoms. The van der Waals surface area contributed by atoms with Crippen LogP contribution in [0.3, 0.4) is 0 Å². The fourth-order valence-corrected chi connectivity index (χ4v) is 2.05. The van der Waals surface area contributed by atoms with Crippen molar-refractivity contribution < 1.29 is 9.53 Å². The Hall–Kier alpha value is -0.810. The zero-order chi connectivity index (χ0) is 10.5. The Morgan fingerprint density at radius 3 is 2.67 bits per heavy atom. The Bertz CT molecular complexity index is 217. The van der Waals surface area contributed by atoms with E-state index in [4.69, 9.17) is 4.74 Å². The number of amides is 1. The second-order valence-corrected chi connectivity index (χ2v) is 4.05. The molecule has 0 bridgehead atoms. The SMILES string of the molecule is O=C1OCCN1CCCN1CCNCC1. The van der Waals surface area contributed by atoms with Crippen molar-refractivity contribution in [3.63, 3.8) is 0 Å². The van der Waals surface area contributed by atoms with Gasteiger partial charge in [-0.1, -0.05) is 0 Å². The summed E-state index contributed by atoms with van der Waals surface area (Å²) in [7, 11) is 0. The molecule has 0 atom stereocenters. The summed E-state index contributed by atoms with van der Waals surface area (Å²) in [6, 6.07) is 0. The largest absolute Gasteiger partial charge is 0.448 e. The highest BCUT2D eigenvalue weighted by molar-refractivity contribution is 5.69. The highest BCUT2D eigenvalue weighted by atomic mass is 16.6. The van der Waals surface area contributed by atoms with E-state index < -0.39 is 0 Å². The lowest BCUT2D eigenvalue weighted by atomic mass is 10.3. The molecule has 0 aliphatic carbocycles. The first-order valence-corrected chi connectivity index (χ1v) is 5.71. The average Bonchev–Trinajstić information content (AvgIpc) is 2.66. The number of carbonyl (C=O) groups excluding carboxylic acids is 1. The summed E-state index contributed by atoms with van der Waals surface area (Å²) in [6.07, 6.45) is 0.907. The van der Waals surface area contributed by atoms with Gasteiger partial charge < -0.3 is 19.9 Å². The molecule has 5 nitrogen and oxygen atoms in total. The van der Waals surface area contributed by atoms with Gasteiger partial charge in [-0.05, 0) is 13.0 Å². The predicted octanol–water partition coefficient (Wildman–Crippen LogP) is -0.266. The molecule has 15 heavy (non-hydrogen) atoms. The third-order valence-electron chi connectivity index (χ3n) is 2.96. The molecule has 2 heterocycles. The second kappa shape index (κ2) is 5.32. The minimum Gasteiger partial charge on any atom is -0.448 e. The Balaban J connectivity index is 1.59. The Kier molecular flexibility index (Phi) is 3.80. The molecular formula is C10H19N3O2. The third kappa shape index (κ3) is 3.07. The van der Waals surface area contributed by atoms with Gasteiger partial charge in [0, 0.05) is 32.7 Å². The van der Waals surface area contributed by atoms with Gasteiger partial charge in [0.15, 0.2) is 0 Å². The smallest absolute Gasteiger partial charge is 0.409 e. The summed E-state index contributed by atoms with van der Waals surface area (Å²) in [4.78, 5) is 15.4. The lowest BCUT2D eigenvalue weighted by molar-refractivity contribution is 0.156. The van der Waals surface area contributed by atoms with Crippen molar-refractivity contribution in [1.29, 1.82) is 0 Å². The van der Waals surface area contributed by atoms with Crippen LogP contribution >= 0.6 is 0 Å². The van der Waals surface area contributed by atoms with Crippen LogP contribution in [0.5, 0.6) is 0 Å². The minimum atomic E-state index is -0.143. The lowest BCUT2D eigenvalue weighted by Crippen LogP contribution is -2.44. The summed E-state index contributed by atoms with van der Waals surface area (Å²) in [5, 5.41) is 3.33. The standard InChI is InChI=1S/C10H19N3O2/c14-10-13(8-9-15-10)5-1-4-12-6-2-11-3-7-12/h11H,1-9H2. The fourth-order valence-electron chi connectivity index (χ4n) is 2.05. The Labute approximate surface area is 90.4 Å². The van der Waals surface area contributed by atoms with Crippen molar-refractivity contribution in [2.24, 2.45) is 0 Å². The lowest BCUT2D eigenvalue weighted by Gasteiger charge is -2.27. The van der Waals surface area contributed by atoms with Crippen molar-refractivity contribution in [3.8, 4) is 0 Å². The van der Waals surface area contributed by atoms with Crippen LogP contribution in [0.1, 0.15) is 6.42 Å². The number of piperazine rings is 1. The van der Waals surface area contributed by atoms with E-state index >= 15 is 0 Å². The van der Waals surface area contributed by atoms with Gasteiger partial charge in [0.05, 0.1) is 6.54 Å². The van der Waals surface area contributed by atoms with Gasteiger partial charge in [0.25, 0.3) is 0 Å². The summed E-state index contributed by atoms with van der Waals surface area (Å²) < 4.78 is 4.87. The molecule has 1 amide bonds. The van der Waals surface area contributed by atoms with Crippen LogP contribution in [0.2, 0.25) is 0 Å². The van der Waals surface area contributed by atoms with E-state index in [1.54, 1.807) is 4.90 Å². The van der Waals surface area contributed by atoms with Crippen molar-refractivity contribution in [3.05, 3.63) is 0 Å². The Morgan fingerprint density at radius 1 is 1.20 bits per heavy atom. The molecule has 86 valence electrons. The monoisotopic (exact) mass is 213 g/mol. The van der Waals surface area contributed by atoms with E-state index in [1.807, 2.05) is 0 Å². The zero-order valence-corrected chi connectivity index (χ0v) is 9.07. The maximum Gasteiger partial charge on any atom is 0.409 e. The predicted molar refractivity (Wildman–Crippen MR) is 56.8 cm³/mol. The van der Waals surface area contributed by atoms with Crippen molar-refractivity contribution in [2.75, 3.05) is 52.4 Å². The van der Waals surface area contributed by atoms with Crippen LogP contribution in [-0.4, -0.2) is 68.3 Å². The van der Waals surface area contributed by atoms with E-state index in [2.05, 4.69) is 10.2 Å². The number of nitrogens with zero attached hydrogens (tertiary/aromatic N) is 2. The molecule has 2 rings (SSSR count). The molecule has 0 radical (unpaired) electrons. The first-order valence-electron chi connectivity index (χ1n) is 5.71. The van der Waals surface area contributed by atoms with Crippen molar-refractivity contribution >= 4 is 6.09 Å². The van der Waals surface area contributed by atoms with Gasteiger partial charge in [-0.15, -0.1) is 0 Å². The number of carbonyl (C=O) groups is 1. The van der Waals surface area contributed by atoms with Crippen LogP contribution in [0.15, 0.2) is 0 Å². The maximum atomic E-state index is 11.1. The third-order valence-corrected chi connectivity index (χ3v) is 2.96. The molecule has 0 aromatic heterocycles. The molecule has 0 aromatic rings. The summed E-state index contributed by atoms with van der Waals surface area (Å²) in [5.74, 6) is 0. The molecule has 2 saturated heterocycles. The van der Waals surface area contributed by atoms with Crippen LogP contribution in [0.4, 0.5) is 4.79 Å². The first-order chi connectivity index (χ1) is 7.36. The van der Waals surface area contributed by atoms with E-state index in [0.29, 0.717) is 6.61 Å². The molecule has 0 aromatic carbocycles. The van der Waals surface area contributed by atoms with Crippen molar-refractivity contribution in [2.45, 2.75) is 6.42 Å². The quantitative estimate of drug-likeness (QED) is 0.698. The molecule has 0 saturated carbocycles. The fraction of sp³-hybridized carbons (Fsp3) is 0.900. The van der Waals surface area contributed by atoms with Crippen LogP contribution in [0, 0.1) is 0 Å². The summed E-state index contributed by atoms with van der Waals surface area (Å²) in [5.41, 5.74) is 0. The van der Waals surface area contributed by atoms with Crippen molar-refractivity contribution in [1.82, 2.24) is 15.1 Å². The van der Waals surface area contributed by atoms with Crippen LogP contribution in [-0.2, 0) is 4.74 Å². The van der Waals surface area contributed by atoms with Gasteiger partial charge in [0.1, 0.15) is 6.61 Å². The normalized spacial score (nSPS) is 23.2. The summed E-state index contributed by atoms with van der Waals surface area (Å²) >= 11 is 0. The molecule has 0 unspecified atom stereocenters. The van der Waals surface area contributed by atoms with Gasteiger partial charge in [-0.3, -0.25) is 0 Å². The van der Waals surface area contributed by atoms with Gasteiger partial charge in [0.2, 0.25) is 0 Å². The van der Waals surface area contributed by atoms with E-state index in [-0.39, 0.29) is 6.09 Å². The molecule has 2 aliphatic heterocycles. The van der Waals surface area contributed by atoms with E-state index in [9.17, 15) is 4.79 Å². The van der Waals surface area contributed by atoms with Gasteiger partial charge in [-0.25, -0.2) is 4.79 Å². The molecule has 0 spiro atoms. The van der Waals surface area contributed by atoms with E-state index in [1.165, 1.54) is 0 Å². The maximum absolute atomic E-state index is 11.1. The average molecular weight is 213 g/mol. The molecular weight excluding hydrogens is 194 g/mol. The highest BCUT2D eigenvalue weighted by Crippen LogP contribution is 2.04. The number of rotatable bonds is 4. The van der Waals surface area contributed by atoms with Crippen LogP contribution in [0.25, 0.3) is 0 Å². The number of hydrogen-bond donors (Lipinski definition) is 1. The summed E-state index contributed by atoms with van der Waals surface area (Å²) in [6.45, 7) is 7.69. The zero-order valence-electron chi connectivity index (χ0n) is 9.07. The molecule has 2 aliphatic rings.